The van der Waals surface area contributed by atoms with Crippen molar-refractivity contribution in [3.8, 4) is 0 Å². The monoisotopic (exact) mass is 578 g/mol. The smallest absolute Gasteiger partial charge is 0.259 e. The number of hydrogen-bond acceptors (Lipinski definition) is 4. The van der Waals surface area contributed by atoms with Crippen molar-refractivity contribution in [1.29, 1.82) is 0 Å². The Morgan fingerprint density at radius 2 is 0.667 bits per heavy atom. The molecule has 24 heavy (non-hydrogen) atoms. The van der Waals surface area contributed by atoms with Gasteiger partial charge in [-0.15, -0.1) is 0 Å². The van der Waals surface area contributed by atoms with E-state index in [1.807, 2.05) is 0 Å². The summed E-state index contributed by atoms with van der Waals surface area (Å²) in [4.78, 5) is 53.4. The van der Waals surface area contributed by atoms with Crippen LogP contribution in [0.3, 0.4) is 0 Å². The quantitative estimate of drug-likeness (QED) is 0.246. The molecule has 0 radical (unpaired) electrons. The van der Waals surface area contributed by atoms with Crippen molar-refractivity contribution >= 4 is 96.0 Å². The van der Waals surface area contributed by atoms with E-state index in [0.717, 1.165) is 0 Å². The summed E-state index contributed by atoms with van der Waals surface area (Å²) < 4.78 is 2.18. The van der Waals surface area contributed by atoms with Crippen LogP contribution in [0.25, 0.3) is 32.3 Å². The number of fused-ring (bicyclic) bond motifs is 6. The average molecular weight is 582 g/mol. The summed E-state index contributed by atoms with van der Waals surface area (Å²) in [7, 11) is 0. The van der Waals surface area contributed by atoms with Crippen LogP contribution >= 0.6 is 63.7 Å². The highest BCUT2D eigenvalue weighted by Crippen LogP contribution is 2.46. The molecule has 0 aliphatic rings. The van der Waals surface area contributed by atoms with Crippen molar-refractivity contribution in [2.24, 2.45) is 0 Å². The Morgan fingerprint density at radius 3 is 0.958 bits per heavy atom. The van der Waals surface area contributed by atoms with Crippen molar-refractivity contribution in [1.82, 2.24) is 9.97 Å². The normalized spacial score (nSPS) is 12.0. The summed E-state index contributed by atoms with van der Waals surface area (Å²) >= 11 is 13.6. The Bertz CT molecular complexity index is 1320. The number of H-pyrrole nitrogens is 2. The van der Waals surface area contributed by atoms with Gasteiger partial charge in [-0.25, -0.2) is 0 Å². The van der Waals surface area contributed by atoms with Crippen molar-refractivity contribution in [2.45, 2.75) is 0 Å². The summed E-state index contributed by atoms with van der Waals surface area (Å²) in [6.45, 7) is 0. The molecule has 2 aromatic heterocycles. The average Bonchev–Trinajstić information content (AvgIpc) is 2.98. The van der Waals surface area contributed by atoms with Crippen LogP contribution in [0.15, 0.2) is 37.1 Å². The van der Waals surface area contributed by atoms with Crippen LogP contribution < -0.4 is 22.2 Å². The Kier molecular flexibility index (Phi) is 3.55. The lowest BCUT2D eigenvalue weighted by molar-refractivity contribution is 1.26. The second kappa shape index (κ2) is 5.20. The van der Waals surface area contributed by atoms with E-state index in [1.54, 1.807) is 0 Å². The number of aromatic amines is 2. The molecular formula is C14H2Br4N2O4. The maximum absolute atomic E-state index is 12.3. The molecule has 2 heterocycles. The molecule has 4 rings (SSSR count). The second-order valence-electron chi connectivity index (χ2n) is 5.07. The second-order valence-corrected chi connectivity index (χ2v) is 8.24. The fourth-order valence-corrected chi connectivity index (χ4v) is 5.48. The van der Waals surface area contributed by atoms with Gasteiger partial charge in [-0.1, -0.05) is 0 Å². The summed E-state index contributed by atoms with van der Waals surface area (Å²) in [5.74, 6) is 0. The first kappa shape index (κ1) is 16.4. The van der Waals surface area contributed by atoms with Crippen LogP contribution in [0, 0.1) is 0 Å². The SMILES string of the molecule is O=c1[nH]c(=O)c2c1c1c(Br)c(Br)c(Br)c(Br)c1c1c(=O)[nH]c(=O)c12. The van der Waals surface area contributed by atoms with Gasteiger partial charge in [-0.05, 0) is 63.7 Å². The molecule has 10 heteroatoms. The van der Waals surface area contributed by atoms with Crippen molar-refractivity contribution < 1.29 is 0 Å². The summed E-state index contributed by atoms with van der Waals surface area (Å²) in [5.41, 5.74) is -2.62. The van der Waals surface area contributed by atoms with Crippen molar-refractivity contribution in [2.75, 3.05) is 0 Å². The number of rotatable bonds is 0. The molecule has 120 valence electrons. The van der Waals surface area contributed by atoms with E-state index < -0.39 is 22.2 Å². The van der Waals surface area contributed by atoms with Crippen LogP contribution in [0.4, 0.5) is 0 Å². The fourth-order valence-electron chi connectivity index (χ4n) is 2.97. The van der Waals surface area contributed by atoms with Gasteiger partial charge in [0.25, 0.3) is 22.2 Å². The summed E-state index contributed by atoms with van der Waals surface area (Å²) in [6.07, 6.45) is 0. The molecule has 0 saturated heterocycles. The lowest BCUT2D eigenvalue weighted by Gasteiger charge is -2.11. The van der Waals surface area contributed by atoms with Gasteiger partial charge in [0.1, 0.15) is 0 Å². The summed E-state index contributed by atoms with van der Waals surface area (Å²) in [5, 5.41) is 0.733. The molecule has 0 spiro atoms. The topological polar surface area (TPSA) is 99.9 Å². The molecule has 0 amide bonds. The highest BCUT2D eigenvalue weighted by molar-refractivity contribution is 9.15. The fraction of sp³-hybridized carbons (Fsp3) is 0. The van der Waals surface area contributed by atoms with E-state index in [2.05, 4.69) is 73.7 Å². The van der Waals surface area contributed by atoms with Crippen LogP contribution in [0.1, 0.15) is 0 Å². The number of halogens is 4. The molecule has 0 atom stereocenters. The number of benzene rings is 2. The van der Waals surface area contributed by atoms with Gasteiger partial charge in [-0.3, -0.25) is 29.1 Å². The molecule has 0 aliphatic carbocycles. The molecule has 6 nitrogen and oxygen atoms in total. The highest BCUT2D eigenvalue weighted by atomic mass is 79.9. The maximum Gasteiger partial charge on any atom is 0.259 e. The molecule has 2 N–H and O–H groups in total. The zero-order valence-corrected chi connectivity index (χ0v) is 17.5. The van der Waals surface area contributed by atoms with Crippen LogP contribution in [0.2, 0.25) is 0 Å². The molecule has 0 aliphatic heterocycles. The minimum Gasteiger partial charge on any atom is -0.288 e. The van der Waals surface area contributed by atoms with Gasteiger partial charge < -0.3 is 0 Å². The molecule has 4 aromatic rings. The molecular weight excluding hydrogens is 580 g/mol. The molecule has 0 saturated carbocycles. The molecule has 0 unspecified atom stereocenters. The lowest BCUT2D eigenvalue weighted by Crippen LogP contribution is -2.08. The Balaban J connectivity index is 2.69. The summed E-state index contributed by atoms with van der Waals surface area (Å²) in [6, 6.07) is 0. The Labute approximate surface area is 164 Å². The first-order chi connectivity index (χ1) is 11.3. The Morgan fingerprint density at radius 1 is 0.417 bits per heavy atom. The van der Waals surface area contributed by atoms with E-state index in [-0.39, 0.29) is 21.5 Å². The van der Waals surface area contributed by atoms with E-state index in [9.17, 15) is 19.2 Å². The minimum atomic E-state index is -0.694. The van der Waals surface area contributed by atoms with E-state index in [4.69, 9.17) is 0 Å². The molecule has 0 fully saturated rings. The first-order valence-electron chi connectivity index (χ1n) is 6.32. The lowest BCUT2D eigenvalue weighted by atomic mass is 9.99. The van der Waals surface area contributed by atoms with Crippen LogP contribution in [-0.4, -0.2) is 9.97 Å². The number of hydrogen-bond donors (Lipinski definition) is 2. The molecule has 2 aromatic carbocycles. The van der Waals surface area contributed by atoms with Gasteiger partial charge >= 0.3 is 0 Å². The van der Waals surface area contributed by atoms with E-state index in [1.165, 1.54) is 0 Å². The maximum atomic E-state index is 12.3. The van der Waals surface area contributed by atoms with E-state index >= 15 is 0 Å². The van der Waals surface area contributed by atoms with Crippen molar-refractivity contribution in [3.05, 3.63) is 59.3 Å². The van der Waals surface area contributed by atoms with Gasteiger partial charge in [0.2, 0.25) is 0 Å². The number of aromatic nitrogens is 2. The van der Waals surface area contributed by atoms with Crippen LogP contribution in [-0.2, 0) is 0 Å². The van der Waals surface area contributed by atoms with Gasteiger partial charge in [-0.2, -0.15) is 0 Å². The third-order valence-electron chi connectivity index (χ3n) is 3.88. The Hall–Kier alpha value is -1.10. The minimum absolute atomic E-state index is 0.0689. The zero-order chi connectivity index (χ0) is 17.5. The predicted molar refractivity (Wildman–Crippen MR) is 106 cm³/mol. The first-order valence-corrected chi connectivity index (χ1v) is 9.49. The van der Waals surface area contributed by atoms with Gasteiger partial charge in [0.05, 0.1) is 21.5 Å². The van der Waals surface area contributed by atoms with Gasteiger partial charge in [0.15, 0.2) is 0 Å². The van der Waals surface area contributed by atoms with Crippen LogP contribution in [0.5, 0.6) is 0 Å². The zero-order valence-electron chi connectivity index (χ0n) is 11.1. The predicted octanol–water partition coefficient (Wildman–Crippen LogP) is 3.17. The highest BCUT2D eigenvalue weighted by Gasteiger charge is 2.26. The van der Waals surface area contributed by atoms with Crippen molar-refractivity contribution in [3.63, 3.8) is 0 Å². The van der Waals surface area contributed by atoms with E-state index in [0.29, 0.717) is 28.7 Å². The standard InChI is InChI=1S/C14H2Br4N2O4/c15-7-1-2(8(16)10(18)9(7)17)4-6(14(24)20-12(4)22)5-3(1)11(21)19-13(5)23/h(H,19,21,23)(H,20,22,24). The number of nitrogens with one attached hydrogen (secondary N) is 2. The largest absolute Gasteiger partial charge is 0.288 e. The van der Waals surface area contributed by atoms with Gasteiger partial charge in [0, 0.05) is 28.7 Å². The third kappa shape index (κ3) is 1.85. The molecule has 0 bridgehead atoms. The third-order valence-corrected chi connectivity index (χ3v) is 8.65.